The molecule has 1 aromatic carbocycles. The molecule has 26 heavy (non-hydrogen) atoms. The highest BCUT2D eigenvalue weighted by Gasteiger charge is 2.36. The Bertz CT molecular complexity index is 751. The summed E-state index contributed by atoms with van der Waals surface area (Å²) in [5.41, 5.74) is 2.72. The predicted molar refractivity (Wildman–Crippen MR) is 104 cm³/mol. The maximum Gasteiger partial charge on any atom is 0.231 e. The van der Waals surface area contributed by atoms with Gasteiger partial charge in [0, 0.05) is 11.4 Å². The minimum Gasteiger partial charge on any atom is -0.497 e. The van der Waals surface area contributed by atoms with Crippen LogP contribution < -0.4 is 10.1 Å². The number of aromatic nitrogens is 2. The molecule has 1 fully saturated rings. The zero-order chi connectivity index (χ0) is 18.6. The fourth-order valence-corrected chi connectivity index (χ4v) is 4.32. The number of hydrogen-bond donors (Lipinski definition) is 1. The van der Waals surface area contributed by atoms with Gasteiger partial charge in [0.25, 0.3) is 0 Å². The molecule has 1 aromatic heterocycles. The van der Waals surface area contributed by atoms with Crippen LogP contribution in [0.3, 0.4) is 0 Å². The van der Waals surface area contributed by atoms with Crippen LogP contribution in [0.15, 0.2) is 35.5 Å². The van der Waals surface area contributed by atoms with Crippen LogP contribution in [0.5, 0.6) is 5.75 Å². The molecular weight excluding hydrogens is 346 g/mol. The minimum atomic E-state index is -0.271. The quantitative estimate of drug-likeness (QED) is 0.618. The van der Waals surface area contributed by atoms with E-state index < -0.39 is 0 Å². The van der Waals surface area contributed by atoms with Crippen molar-refractivity contribution in [3.63, 3.8) is 0 Å². The summed E-state index contributed by atoms with van der Waals surface area (Å²) in [6.45, 7) is 3.88. The molecule has 138 valence electrons. The number of hydrogen-bond acceptors (Lipinski definition) is 5. The van der Waals surface area contributed by atoms with E-state index in [0.29, 0.717) is 10.9 Å². The smallest absolute Gasteiger partial charge is 0.231 e. The summed E-state index contributed by atoms with van der Waals surface area (Å²) < 4.78 is 5.25. The van der Waals surface area contributed by atoms with Crippen molar-refractivity contribution in [3.8, 4) is 5.75 Å². The van der Waals surface area contributed by atoms with Crippen LogP contribution in [0.25, 0.3) is 0 Å². The van der Waals surface area contributed by atoms with Gasteiger partial charge in [0.15, 0.2) is 5.16 Å². The van der Waals surface area contributed by atoms with Gasteiger partial charge < -0.3 is 10.1 Å². The molecule has 0 spiro atoms. The van der Waals surface area contributed by atoms with E-state index in [1.54, 1.807) is 7.11 Å². The van der Waals surface area contributed by atoms with Crippen LogP contribution in [0, 0.1) is 13.8 Å². The lowest BCUT2D eigenvalue weighted by atomic mass is 9.88. The maximum atomic E-state index is 12.6. The van der Waals surface area contributed by atoms with Crippen LogP contribution >= 0.6 is 11.8 Å². The Hall–Kier alpha value is -2.08. The predicted octanol–water partition coefficient (Wildman–Crippen LogP) is 3.78. The summed E-state index contributed by atoms with van der Waals surface area (Å²) in [5, 5.41) is 3.94. The van der Waals surface area contributed by atoms with E-state index in [0.717, 1.165) is 48.4 Å². The molecule has 0 radical (unpaired) electrons. The van der Waals surface area contributed by atoms with Crippen molar-refractivity contribution >= 4 is 17.7 Å². The molecule has 0 saturated heterocycles. The second kappa shape index (κ2) is 8.08. The summed E-state index contributed by atoms with van der Waals surface area (Å²) in [6.07, 6.45) is 4.19. The van der Waals surface area contributed by atoms with E-state index in [2.05, 4.69) is 27.4 Å². The van der Waals surface area contributed by atoms with Gasteiger partial charge in [-0.1, -0.05) is 36.7 Å². The highest BCUT2D eigenvalue weighted by molar-refractivity contribution is 7.99. The summed E-state index contributed by atoms with van der Waals surface area (Å²) >= 11 is 1.39. The van der Waals surface area contributed by atoms with Crippen LogP contribution in [0.4, 0.5) is 0 Å². The third kappa shape index (κ3) is 4.36. The number of rotatable bonds is 6. The van der Waals surface area contributed by atoms with Crippen LogP contribution in [-0.2, 0) is 10.3 Å². The summed E-state index contributed by atoms with van der Waals surface area (Å²) in [5.74, 6) is 1.17. The number of nitrogens with one attached hydrogen (secondary N) is 1. The zero-order valence-corrected chi connectivity index (χ0v) is 16.4. The molecule has 1 N–H and O–H groups in total. The molecule has 0 atom stereocenters. The van der Waals surface area contributed by atoms with Gasteiger partial charge in [0.2, 0.25) is 5.91 Å². The molecule has 5 nitrogen and oxygen atoms in total. The molecular formula is C20H25N3O2S. The first-order valence-electron chi connectivity index (χ1n) is 8.91. The monoisotopic (exact) mass is 371 g/mol. The second-order valence-electron chi connectivity index (χ2n) is 6.79. The van der Waals surface area contributed by atoms with Crippen molar-refractivity contribution < 1.29 is 9.53 Å². The van der Waals surface area contributed by atoms with Crippen molar-refractivity contribution in [2.75, 3.05) is 12.9 Å². The topological polar surface area (TPSA) is 64.1 Å². The van der Waals surface area contributed by atoms with Gasteiger partial charge in [-0.3, -0.25) is 4.79 Å². The van der Waals surface area contributed by atoms with Crippen molar-refractivity contribution in [3.05, 3.63) is 47.3 Å². The van der Waals surface area contributed by atoms with E-state index in [1.165, 1.54) is 11.8 Å². The standard InChI is InChI=1S/C20H25N3O2S/c1-14-12-15(2)22-19(21-14)26-13-18(24)23-20(10-4-5-11-20)16-6-8-17(25-3)9-7-16/h6-9,12H,4-5,10-11,13H2,1-3H3,(H,23,24). The van der Waals surface area contributed by atoms with Gasteiger partial charge in [0.05, 0.1) is 18.4 Å². The zero-order valence-electron chi connectivity index (χ0n) is 15.5. The number of benzene rings is 1. The Morgan fingerprint density at radius 3 is 2.35 bits per heavy atom. The third-order valence-corrected chi connectivity index (χ3v) is 5.62. The van der Waals surface area contributed by atoms with Gasteiger partial charge in [-0.25, -0.2) is 9.97 Å². The summed E-state index contributed by atoms with van der Waals surface area (Å²) in [6, 6.07) is 9.97. The van der Waals surface area contributed by atoms with E-state index in [4.69, 9.17) is 4.74 Å². The lowest BCUT2D eigenvalue weighted by Gasteiger charge is -2.31. The van der Waals surface area contributed by atoms with Crippen LogP contribution in [0.2, 0.25) is 0 Å². The number of carbonyl (C=O) groups excluding carboxylic acids is 1. The average Bonchev–Trinajstić information content (AvgIpc) is 3.09. The van der Waals surface area contributed by atoms with Crippen molar-refractivity contribution in [1.82, 2.24) is 15.3 Å². The fraction of sp³-hybridized carbons (Fsp3) is 0.450. The molecule has 1 aliphatic rings. The van der Waals surface area contributed by atoms with Gasteiger partial charge in [-0.15, -0.1) is 0 Å². The number of methoxy groups -OCH3 is 1. The van der Waals surface area contributed by atoms with Crippen molar-refractivity contribution in [2.24, 2.45) is 0 Å². The highest BCUT2D eigenvalue weighted by atomic mass is 32.2. The number of thioether (sulfide) groups is 1. The Kier molecular flexibility index (Phi) is 5.81. The van der Waals surface area contributed by atoms with Crippen LogP contribution in [0.1, 0.15) is 42.6 Å². The lowest BCUT2D eigenvalue weighted by Crippen LogP contribution is -2.44. The first-order chi connectivity index (χ1) is 12.5. The normalized spacial score (nSPS) is 15.7. The van der Waals surface area contributed by atoms with Crippen molar-refractivity contribution in [1.29, 1.82) is 0 Å². The Labute approximate surface area is 159 Å². The second-order valence-corrected chi connectivity index (χ2v) is 7.73. The van der Waals surface area contributed by atoms with Crippen LogP contribution in [-0.4, -0.2) is 28.7 Å². The Balaban J connectivity index is 1.68. The summed E-state index contributed by atoms with van der Waals surface area (Å²) in [7, 11) is 1.66. The largest absolute Gasteiger partial charge is 0.497 e. The molecule has 1 saturated carbocycles. The first kappa shape index (κ1) is 18.7. The molecule has 1 aliphatic carbocycles. The van der Waals surface area contributed by atoms with E-state index in [9.17, 15) is 4.79 Å². The number of aryl methyl sites for hydroxylation is 2. The molecule has 3 rings (SSSR count). The molecule has 0 aliphatic heterocycles. The third-order valence-electron chi connectivity index (χ3n) is 4.77. The maximum absolute atomic E-state index is 12.6. The summed E-state index contributed by atoms with van der Waals surface area (Å²) in [4.78, 5) is 21.4. The fourth-order valence-electron chi connectivity index (χ4n) is 3.57. The Morgan fingerprint density at radius 2 is 1.77 bits per heavy atom. The molecule has 2 aromatic rings. The number of nitrogens with zero attached hydrogens (tertiary/aromatic N) is 2. The van der Waals surface area contributed by atoms with E-state index >= 15 is 0 Å². The number of ether oxygens (including phenoxy) is 1. The van der Waals surface area contributed by atoms with Gasteiger partial charge in [-0.2, -0.15) is 0 Å². The molecule has 1 heterocycles. The minimum absolute atomic E-state index is 0.0236. The van der Waals surface area contributed by atoms with Gasteiger partial charge in [-0.05, 0) is 50.5 Å². The van der Waals surface area contributed by atoms with Gasteiger partial charge >= 0.3 is 0 Å². The number of amides is 1. The first-order valence-corrected chi connectivity index (χ1v) is 9.90. The Morgan fingerprint density at radius 1 is 1.15 bits per heavy atom. The number of carbonyl (C=O) groups is 1. The average molecular weight is 372 g/mol. The molecule has 0 unspecified atom stereocenters. The van der Waals surface area contributed by atoms with Gasteiger partial charge in [0.1, 0.15) is 5.75 Å². The molecule has 6 heteroatoms. The molecule has 0 bridgehead atoms. The van der Waals surface area contributed by atoms with Crippen molar-refractivity contribution in [2.45, 2.75) is 50.2 Å². The lowest BCUT2D eigenvalue weighted by molar-refractivity contribution is -0.120. The van der Waals surface area contributed by atoms with E-state index in [1.807, 2.05) is 32.0 Å². The SMILES string of the molecule is COc1ccc(C2(NC(=O)CSc3nc(C)cc(C)n3)CCCC2)cc1. The molecule has 1 amide bonds. The highest BCUT2D eigenvalue weighted by Crippen LogP contribution is 2.39. The van der Waals surface area contributed by atoms with E-state index in [-0.39, 0.29) is 11.4 Å².